The van der Waals surface area contributed by atoms with Gasteiger partial charge in [0.25, 0.3) is 5.91 Å². The number of benzene rings is 2. The molecule has 1 heterocycles. The molecule has 0 spiro atoms. The first-order chi connectivity index (χ1) is 16.9. The van der Waals surface area contributed by atoms with Crippen LogP contribution in [0.4, 0.5) is 9.93 Å². The summed E-state index contributed by atoms with van der Waals surface area (Å²) in [5.74, 6) is -1.61. The van der Waals surface area contributed by atoms with Crippen molar-refractivity contribution < 1.29 is 24.2 Å². The number of anilines is 1. The molecule has 4 rings (SSSR count). The Hall–Kier alpha value is -3.72. The van der Waals surface area contributed by atoms with Gasteiger partial charge >= 0.3 is 12.1 Å². The second-order valence-corrected chi connectivity index (χ2v) is 9.46. The molecule has 9 heteroatoms. The molecule has 35 heavy (non-hydrogen) atoms. The number of nitrogens with zero attached hydrogens (tertiary/aromatic N) is 1. The number of hydrogen-bond donors (Lipinski definition) is 3. The third-order valence-corrected chi connectivity index (χ3v) is 6.99. The summed E-state index contributed by atoms with van der Waals surface area (Å²) < 4.78 is 5.50. The summed E-state index contributed by atoms with van der Waals surface area (Å²) in [6, 6.07) is 15.1. The summed E-state index contributed by atoms with van der Waals surface area (Å²) in [5, 5.41) is 16.1. The number of nitrogens with one attached hydrogen (secondary N) is 2. The molecule has 0 saturated heterocycles. The molecule has 0 bridgehead atoms. The third-order valence-electron chi connectivity index (χ3n) is 6.23. The summed E-state index contributed by atoms with van der Waals surface area (Å²) >= 11 is 1.06. The highest BCUT2D eigenvalue weighted by molar-refractivity contribution is 7.14. The number of aromatic nitrogens is 1. The van der Waals surface area contributed by atoms with Gasteiger partial charge in [-0.05, 0) is 34.6 Å². The maximum Gasteiger partial charge on any atom is 0.413 e. The van der Waals surface area contributed by atoms with Crippen LogP contribution in [0.2, 0.25) is 0 Å². The van der Waals surface area contributed by atoms with Crippen LogP contribution >= 0.6 is 11.3 Å². The fourth-order valence-electron chi connectivity index (χ4n) is 4.18. The monoisotopic (exact) mass is 493 g/mol. The van der Waals surface area contributed by atoms with E-state index in [1.807, 2.05) is 50.2 Å². The van der Waals surface area contributed by atoms with Crippen molar-refractivity contribution in [3.05, 3.63) is 70.7 Å². The zero-order valence-corrected chi connectivity index (χ0v) is 20.3. The van der Waals surface area contributed by atoms with Gasteiger partial charge in [0, 0.05) is 11.3 Å². The van der Waals surface area contributed by atoms with E-state index in [-0.39, 0.29) is 29.3 Å². The van der Waals surface area contributed by atoms with Crippen LogP contribution in [0.15, 0.2) is 53.9 Å². The minimum Gasteiger partial charge on any atom is -0.480 e. The fraction of sp³-hybridized carbons (Fsp3) is 0.308. The summed E-state index contributed by atoms with van der Waals surface area (Å²) in [7, 11) is 0. The topological polar surface area (TPSA) is 118 Å². The Bertz CT molecular complexity index is 1200. The van der Waals surface area contributed by atoms with Gasteiger partial charge in [-0.25, -0.2) is 14.6 Å². The molecule has 0 fully saturated rings. The van der Waals surface area contributed by atoms with Crippen molar-refractivity contribution in [2.45, 2.75) is 38.6 Å². The van der Waals surface area contributed by atoms with Crippen LogP contribution in [0, 0.1) is 5.92 Å². The van der Waals surface area contributed by atoms with Crippen LogP contribution in [0.1, 0.15) is 54.2 Å². The van der Waals surface area contributed by atoms with E-state index in [0.29, 0.717) is 6.42 Å². The normalized spacial score (nSPS) is 13.9. The Morgan fingerprint density at radius 2 is 1.71 bits per heavy atom. The molecule has 2 amide bonds. The Kier molecular flexibility index (Phi) is 7.45. The minimum atomic E-state index is -1.09. The van der Waals surface area contributed by atoms with Gasteiger partial charge in [-0.2, -0.15) is 0 Å². The Morgan fingerprint density at radius 1 is 1.09 bits per heavy atom. The highest BCUT2D eigenvalue weighted by atomic mass is 32.1. The molecule has 0 radical (unpaired) electrons. The molecule has 2 atom stereocenters. The van der Waals surface area contributed by atoms with E-state index in [1.165, 1.54) is 5.38 Å². The van der Waals surface area contributed by atoms with Crippen molar-refractivity contribution in [2.75, 3.05) is 11.9 Å². The van der Waals surface area contributed by atoms with Crippen LogP contribution in [0.25, 0.3) is 11.1 Å². The molecule has 182 valence electrons. The highest BCUT2D eigenvalue weighted by Gasteiger charge is 2.29. The first-order valence-corrected chi connectivity index (χ1v) is 12.4. The van der Waals surface area contributed by atoms with Gasteiger partial charge in [0.15, 0.2) is 5.13 Å². The van der Waals surface area contributed by atoms with Crippen LogP contribution in [0.3, 0.4) is 0 Å². The molecular formula is C26H27N3O5S. The van der Waals surface area contributed by atoms with Crippen LogP contribution in [-0.2, 0) is 9.53 Å². The van der Waals surface area contributed by atoms with Gasteiger partial charge in [0.05, 0.1) is 0 Å². The molecule has 2 aromatic carbocycles. The van der Waals surface area contributed by atoms with E-state index in [2.05, 4.69) is 27.8 Å². The first-order valence-electron chi connectivity index (χ1n) is 11.5. The lowest BCUT2D eigenvalue weighted by atomic mass is 9.98. The molecule has 0 saturated carbocycles. The van der Waals surface area contributed by atoms with Gasteiger partial charge in [0.1, 0.15) is 18.3 Å². The van der Waals surface area contributed by atoms with Gasteiger partial charge in [0.2, 0.25) is 0 Å². The van der Waals surface area contributed by atoms with E-state index in [0.717, 1.165) is 40.0 Å². The number of carbonyl (C=O) groups is 3. The predicted octanol–water partition coefficient (Wildman–Crippen LogP) is 5.12. The summed E-state index contributed by atoms with van der Waals surface area (Å²) in [4.78, 5) is 40.5. The van der Waals surface area contributed by atoms with E-state index < -0.39 is 24.0 Å². The summed E-state index contributed by atoms with van der Waals surface area (Å²) in [6.07, 6.45) is 0.463. The smallest absolute Gasteiger partial charge is 0.413 e. The first kappa shape index (κ1) is 24.4. The van der Waals surface area contributed by atoms with E-state index in [9.17, 15) is 19.5 Å². The maximum absolute atomic E-state index is 12.5. The Morgan fingerprint density at radius 3 is 2.31 bits per heavy atom. The Labute approximate surface area is 207 Å². The molecule has 8 nitrogen and oxygen atoms in total. The Balaban J connectivity index is 1.35. The number of aliphatic carboxylic acids is 1. The number of carboxylic acids is 1. The summed E-state index contributed by atoms with van der Waals surface area (Å²) in [6.45, 7) is 4.06. The van der Waals surface area contributed by atoms with E-state index >= 15 is 0 Å². The number of ether oxygens (including phenoxy) is 1. The van der Waals surface area contributed by atoms with Crippen molar-refractivity contribution in [3.63, 3.8) is 0 Å². The SMILES string of the molecule is CCC(C)CC(NC(=O)c1csc(NC(=O)OCC2c3ccccc3-c3ccccc32)n1)C(=O)O. The number of carboxylic acid groups (broad SMARTS) is 1. The molecule has 1 aromatic heterocycles. The second-order valence-electron chi connectivity index (χ2n) is 8.60. The quantitative estimate of drug-likeness (QED) is 0.381. The van der Waals surface area contributed by atoms with Crippen molar-refractivity contribution >= 4 is 34.4 Å². The van der Waals surface area contributed by atoms with Crippen molar-refractivity contribution in [3.8, 4) is 11.1 Å². The number of thiazole rings is 1. The zero-order chi connectivity index (χ0) is 24.9. The van der Waals surface area contributed by atoms with Crippen LogP contribution < -0.4 is 10.6 Å². The molecule has 1 aliphatic rings. The van der Waals surface area contributed by atoms with Gasteiger partial charge in [-0.15, -0.1) is 11.3 Å². The van der Waals surface area contributed by atoms with Crippen molar-refractivity contribution in [2.24, 2.45) is 5.92 Å². The molecule has 3 aromatic rings. The number of fused-ring (bicyclic) bond motifs is 3. The molecule has 3 N–H and O–H groups in total. The molecule has 2 unspecified atom stereocenters. The van der Waals surface area contributed by atoms with Crippen LogP contribution in [0.5, 0.6) is 0 Å². The average molecular weight is 494 g/mol. The largest absolute Gasteiger partial charge is 0.480 e. The lowest BCUT2D eigenvalue weighted by Crippen LogP contribution is -2.41. The van der Waals surface area contributed by atoms with E-state index in [4.69, 9.17) is 4.74 Å². The second kappa shape index (κ2) is 10.7. The lowest BCUT2D eigenvalue weighted by Gasteiger charge is -2.17. The molecule has 0 aliphatic heterocycles. The number of hydrogen-bond acceptors (Lipinski definition) is 6. The third kappa shape index (κ3) is 5.51. The average Bonchev–Trinajstić information content (AvgIpc) is 3.45. The predicted molar refractivity (Wildman–Crippen MR) is 134 cm³/mol. The van der Waals surface area contributed by atoms with Gasteiger partial charge in [-0.3, -0.25) is 10.1 Å². The number of rotatable bonds is 9. The van der Waals surface area contributed by atoms with Gasteiger partial charge < -0.3 is 15.2 Å². The number of carbonyl (C=O) groups excluding carboxylic acids is 2. The minimum absolute atomic E-state index is 0.0411. The molecular weight excluding hydrogens is 466 g/mol. The zero-order valence-electron chi connectivity index (χ0n) is 19.5. The summed E-state index contributed by atoms with van der Waals surface area (Å²) in [5.41, 5.74) is 4.54. The van der Waals surface area contributed by atoms with E-state index in [1.54, 1.807) is 0 Å². The highest BCUT2D eigenvalue weighted by Crippen LogP contribution is 2.44. The fourth-order valence-corrected chi connectivity index (χ4v) is 4.86. The van der Waals surface area contributed by atoms with Crippen molar-refractivity contribution in [1.82, 2.24) is 10.3 Å². The molecule has 1 aliphatic carbocycles. The van der Waals surface area contributed by atoms with Crippen LogP contribution in [-0.4, -0.2) is 40.7 Å². The van der Waals surface area contributed by atoms with Crippen molar-refractivity contribution in [1.29, 1.82) is 0 Å². The lowest BCUT2D eigenvalue weighted by molar-refractivity contribution is -0.139. The van der Waals surface area contributed by atoms with Gasteiger partial charge in [-0.1, -0.05) is 68.8 Å². The standard InChI is InChI=1S/C26H27N3O5S/c1-3-15(2)12-21(24(31)32)27-23(30)22-14-35-25(28-22)29-26(33)34-13-20-18-10-6-4-8-16(18)17-9-5-7-11-19(17)20/h4-11,14-15,20-21H,3,12-13H2,1-2H3,(H,27,30)(H,31,32)(H,28,29,33). The maximum atomic E-state index is 12.5. The number of amides is 2.